The zero-order chi connectivity index (χ0) is 16.4. The molecule has 23 heavy (non-hydrogen) atoms. The Labute approximate surface area is 132 Å². The van der Waals surface area contributed by atoms with Crippen LogP contribution in [-0.4, -0.2) is 13.1 Å². The van der Waals surface area contributed by atoms with E-state index in [1.807, 2.05) is 19.1 Å². The summed E-state index contributed by atoms with van der Waals surface area (Å²) in [5.41, 5.74) is 0.497. The van der Waals surface area contributed by atoms with Gasteiger partial charge in [0.05, 0.1) is 7.11 Å². The van der Waals surface area contributed by atoms with Gasteiger partial charge in [0.1, 0.15) is 22.6 Å². The molecule has 2 aromatic carbocycles. The Hall–Kier alpha value is -3.08. The van der Waals surface area contributed by atoms with Crippen LogP contribution in [0.4, 0.5) is 0 Å². The second kappa shape index (κ2) is 5.96. The summed E-state index contributed by atoms with van der Waals surface area (Å²) in [5.74, 6) is 0.186. The first-order chi connectivity index (χ1) is 11.1. The van der Waals surface area contributed by atoms with Gasteiger partial charge in [-0.2, -0.15) is 0 Å². The summed E-state index contributed by atoms with van der Waals surface area (Å²) in [6.45, 7) is 1.93. The van der Waals surface area contributed by atoms with E-state index in [0.717, 1.165) is 5.56 Å². The van der Waals surface area contributed by atoms with Crippen LogP contribution in [0.3, 0.4) is 0 Å². The van der Waals surface area contributed by atoms with Gasteiger partial charge in [0.2, 0.25) is 0 Å². The van der Waals surface area contributed by atoms with E-state index < -0.39 is 11.6 Å². The number of hydrogen-bond acceptors (Lipinski definition) is 5. The summed E-state index contributed by atoms with van der Waals surface area (Å²) in [6.07, 6.45) is 0. The lowest BCUT2D eigenvalue weighted by Crippen LogP contribution is -2.18. The number of aryl methyl sites for hydroxylation is 1. The highest BCUT2D eigenvalue weighted by molar-refractivity contribution is 5.94. The van der Waals surface area contributed by atoms with Gasteiger partial charge in [0.25, 0.3) is 0 Å². The minimum atomic E-state index is -0.750. The minimum Gasteiger partial charge on any atom is -0.497 e. The number of hydrogen-bond donors (Lipinski definition) is 0. The number of carbonyl (C=O) groups excluding carboxylic acids is 1. The smallest absolute Gasteiger partial charge is 0.351 e. The van der Waals surface area contributed by atoms with Gasteiger partial charge in [-0.15, -0.1) is 0 Å². The van der Waals surface area contributed by atoms with Crippen LogP contribution in [0.15, 0.2) is 57.7 Å². The van der Waals surface area contributed by atoms with Crippen molar-refractivity contribution >= 4 is 16.9 Å². The van der Waals surface area contributed by atoms with Crippen molar-refractivity contribution in [2.45, 2.75) is 6.92 Å². The summed E-state index contributed by atoms with van der Waals surface area (Å²) in [6, 6.07) is 13.4. The minimum absolute atomic E-state index is 0.150. The molecule has 0 amide bonds. The fraction of sp³-hybridized carbons (Fsp3) is 0.111. The van der Waals surface area contributed by atoms with Crippen molar-refractivity contribution in [2.75, 3.05) is 7.11 Å². The summed E-state index contributed by atoms with van der Waals surface area (Å²) < 4.78 is 15.5. The molecule has 1 heterocycles. The monoisotopic (exact) mass is 310 g/mol. The van der Waals surface area contributed by atoms with E-state index in [2.05, 4.69) is 0 Å². The van der Waals surface area contributed by atoms with Gasteiger partial charge >= 0.3 is 11.6 Å². The van der Waals surface area contributed by atoms with Gasteiger partial charge in [0.15, 0.2) is 0 Å². The van der Waals surface area contributed by atoms with Gasteiger partial charge in [-0.25, -0.2) is 9.59 Å². The molecule has 3 aromatic rings. The van der Waals surface area contributed by atoms with Gasteiger partial charge in [0, 0.05) is 11.5 Å². The topological polar surface area (TPSA) is 65.7 Å². The Morgan fingerprint density at radius 1 is 1.00 bits per heavy atom. The number of ether oxygens (including phenoxy) is 2. The van der Waals surface area contributed by atoms with Crippen LogP contribution in [0.5, 0.6) is 11.5 Å². The predicted molar refractivity (Wildman–Crippen MR) is 85.2 cm³/mol. The maximum Gasteiger partial charge on any atom is 0.351 e. The molecule has 5 heteroatoms. The van der Waals surface area contributed by atoms with Crippen molar-refractivity contribution in [3.05, 3.63) is 70.1 Å². The lowest BCUT2D eigenvalue weighted by molar-refractivity contribution is 0.0730. The predicted octanol–water partition coefficient (Wildman–Crippen LogP) is 3.33. The Balaban J connectivity index is 1.95. The maximum atomic E-state index is 12.2. The van der Waals surface area contributed by atoms with Crippen LogP contribution in [-0.2, 0) is 0 Å². The number of benzene rings is 2. The Morgan fingerprint density at radius 2 is 1.70 bits per heavy atom. The average Bonchev–Trinajstić information content (AvgIpc) is 2.55. The molecule has 0 aliphatic heterocycles. The molecule has 0 bridgehead atoms. The lowest BCUT2D eigenvalue weighted by atomic mass is 10.2. The number of carbonyl (C=O) groups is 1. The fourth-order valence-corrected chi connectivity index (χ4v) is 2.13. The quantitative estimate of drug-likeness (QED) is 0.422. The number of esters is 1. The first kappa shape index (κ1) is 14.8. The highest BCUT2D eigenvalue weighted by Gasteiger charge is 2.16. The molecule has 3 rings (SSSR count). The molecular weight excluding hydrogens is 296 g/mol. The standard InChI is InChI=1S/C18H14O5/c1-11-3-6-13(7-4-11)22-17(19)15-9-12-5-8-14(21-2)10-16(12)23-18(15)20/h3-10H,1-2H3. The molecule has 0 spiro atoms. The zero-order valence-electron chi connectivity index (χ0n) is 12.7. The van der Waals surface area contributed by atoms with E-state index in [1.165, 1.54) is 13.2 Å². The summed E-state index contributed by atoms with van der Waals surface area (Å²) >= 11 is 0. The van der Waals surface area contributed by atoms with Crippen LogP contribution in [0.2, 0.25) is 0 Å². The normalized spacial score (nSPS) is 10.5. The van der Waals surface area contributed by atoms with E-state index in [9.17, 15) is 9.59 Å². The summed E-state index contributed by atoms with van der Waals surface area (Å²) in [5, 5.41) is 0.612. The Kier molecular flexibility index (Phi) is 3.85. The molecule has 0 N–H and O–H groups in total. The van der Waals surface area contributed by atoms with Crippen molar-refractivity contribution in [2.24, 2.45) is 0 Å². The van der Waals surface area contributed by atoms with Gasteiger partial charge in [-0.05, 0) is 37.3 Å². The SMILES string of the molecule is COc1ccc2cc(C(=O)Oc3ccc(C)cc3)c(=O)oc2c1. The van der Waals surface area contributed by atoms with Crippen LogP contribution in [0.1, 0.15) is 15.9 Å². The van der Waals surface area contributed by atoms with Crippen molar-refractivity contribution in [1.82, 2.24) is 0 Å². The van der Waals surface area contributed by atoms with Crippen LogP contribution in [0.25, 0.3) is 11.0 Å². The maximum absolute atomic E-state index is 12.2. The molecule has 0 aliphatic carbocycles. The summed E-state index contributed by atoms with van der Waals surface area (Å²) in [7, 11) is 1.52. The van der Waals surface area contributed by atoms with Gasteiger partial charge in [-0.1, -0.05) is 17.7 Å². The number of methoxy groups -OCH3 is 1. The van der Waals surface area contributed by atoms with Gasteiger partial charge < -0.3 is 13.9 Å². The zero-order valence-corrected chi connectivity index (χ0v) is 12.7. The van der Waals surface area contributed by atoms with Crippen LogP contribution < -0.4 is 15.1 Å². The number of fused-ring (bicyclic) bond motifs is 1. The second-order valence-electron chi connectivity index (χ2n) is 5.05. The van der Waals surface area contributed by atoms with E-state index in [4.69, 9.17) is 13.9 Å². The summed E-state index contributed by atoms with van der Waals surface area (Å²) in [4.78, 5) is 24.2. The van der Waals surface area contributed by atoms with E-state index >= 15 is 0 Å². The van der Waals surface area contributed by atoms with E-state index in [1.54, 1.807) is 30.3 Å². The van der Waals surface area contributed by atoms with E-state index in [-0.39, 0.29) is 5.56 Å². The van der Waals surface area contributed by atoms with Gasteiger partial charge in [-0.3, -0.25) is 0 Å². The molecule has 0 fully saturated rings. The molecule has 0 atom stereocenters. The molecule has 5 nitrogen and oxygen atoms in total. The molecule has 0 saturated carbocycles. The Morgan fingerprint density at radius 3 is 2.39 bits per heavy atom. The largest absolute Gasteiger partial charge is 0.497 e. The third kappa shape index (κ3) is 3.08. The molecular formula is C18H14O5. The molecule has 0 unspecified atom stereocenters. The number of rotatable bonds is 3. The van der Waals surface area contributed by atoms with Crippen molar-refractivity contribution in [1.29, 1.82) is 0 Å². The lowest BCUT2D eigenvalue weighted by Gasteiger charge is -2.05. The van der Waals surface area contributed by atoms with Crippen LogP contribution >= 0.6 is 0 Å². The molecule has 0 aliphatic rings. The third-order valence-electron chi connectivity index (χ3n) is 3.39. The first-order valence-electron chi connectivity index (χ1n) is 6.97. The highest BCUT2D eigenvalue weighted by atomic mass is 16.5. The molecule has 1 aromatic heterocycles. The second-order valence-corrected chi connectivity index (χ2v) is 5.05. The average molecular weight is 310 g/mol. The van der Waals surface area contributed by atoms with Crippen LogP contribution in [0, 0.1) is 6.92 Å². The van der Waals surface area contributed by atoms with Crippen molar-refractivity contribution < 1.29 is 18.7 Å². The highest BCUT2D eigenvalue weighted by Crippen LogP contribution is 2.21. The van der Waals surface area contributed by atoms with Crippen molar-refractivity contribution in [3.63, 3.8) is 0 Å². The molecule has 0 radical (unpaired) electrons. The fourth-order valence-electron chi connectivity index (χ4n) is 2.13. The Bertz CT molecular complexity index is 922. The van der Waals surface area contributed by atoms with Crippen molar-refractivity contribution in [3.8, 4) is 11.5 Å². The third-order valence-corrected chi connectivity index (χ3v) is 3.39. The first-order valence-corrected chi connectivity index (χ1v) is 6.97. The molecule has 0 saturated heterocycles. The molecule has 116 valence electrons. The van der Waals surface area contributed by atoms with E-state index in [0.29, 0.717) is 22.5 Å².